The molecule has 0 saturated carbocycles. The first-order chi connectivity index (χ1) is 12.4. The maximum atomic E-state index is 11.8. The van der Waals surface area contributed by atoms with Crippen LogP contribution in [0.3, 0.4) is 0 Å². The third-order valence-corrected chi connectivity index (χ3v) is 4.02. The highest BCUT2D eigenvalue weighted by atomic mass is 16.5. The van der Waals surface area contributed by atoms with Crippen LogP contribution in [0.1, 0.15) is 25.8 Å². The smallest absolute Gasteiger partial charge is 0.243 e. The molecule has 2 N–H and O–H groups in total. The summed E-state index contributed by atoms with van der Waals surface area (Å²) in [6, 6.07) is 6.15. The number of rotatable bonds is 9. The van der Waals surface area contributed by atoms with E-state index in [-0.39, 0.29) is 18.5 Å². The standard InChI is InChI=1S/C19H32N4O3/c1-7-14(2)22-19(21-13-18(24)23(3)4)20-11-10-15-8-9-16(25-5)17(12-15)26-6/h8-9,12,14H,7,10-11,13H2,1-6H3,(H2,20,21,22). The highest BCUT2D eigenvalue weighted by molar-refractivity contribution is 5.84. The van der Waals surface area contributed by atoms with Gasteiger partial charge in [-0.3, -0.25) is 4.79 Å². The molecule has 1 unspecified atom stereocenters. The first kappa shape index (κ1) is 21.6. The van der Waals surface area contributed by atoms with Gasteiger partial charge in [0, 0.05) is 26.7 Å². The van der Waals surface area contributed by atoms with Crippen molar-refractivity contribution in [2.24, 2.45) is 4.99 Å². The van der Waals surface area contributed by atoms with E-state index in [9.17, 15) is 4.79 Å². The Hall–Kier alpha value is -2.44. The van der Waals surface area contributed by atoms with Gasteiger partial charge in [0.2, 0.25) is 5.91 Å². The van der Waals surface area contributed by atoms with Crippen LogP contribution in [0.25, 0.3) is 0 Å². The normalized spacial score (nSPS) is 12.3. The first-order valence-corrected chi connectivity index (χ1v) is 8.87. The Morgan fingerprint density at radius 3 is 2.50 bits per heavy atom. The minimum atomic E-state index is -0.0323. The molecule has 1 rings (SSSR count). The van der Waals surface area contributed by atoms with Gasteiger partial charge in [0.1, 0.15) is 6.54 Å². The van der Waals surface area contributed by atoms with E-state index in [1.807, 2.05) is 18.2 Å². The lowest BCUT2D eigenvalue weighted by molar-refractivity contribution is -0.127. The van der Waals surface area contributed by atoms with Crippen LogP contribution in [-0.2, 0) is 11.2 Å². The summed E-state index contributed by atoms with van der Waals surface area (Å²) in [5.41, 5.74) is 1.13. The number of nitrogens with one attached hydrogen (secondary N) is 2. The Morgan fingerprint density at radius 2 is 1.92 bits per heavy atom. The fourth-order valence-corrected chi connectivity index (χ4v) is 2.14. The van der Waals surface area contributed by atoms with Crippen molar-refractivity contribution >= 4 is 11.9 Å². The number of aliphatic imine (C=N–C) groups is 1. The van der Waals surface area contributed by atoms with Crippen molar-refractivity contribution in [1.29, 1.82) is 0 Å². The first-order valence-electron chi connectivity index (χ1n) is 8.87. The summed E-state index contributed by atoms with van der Waals surface area (Å²) in [5, 5.41) is 6.60. The molecule has 0 aliphatic carbocycles. The van der Waals surface area contributed by atoms with Gasteiger partial charge in [0.05, 0.1) is 14.2 Å². The highest BCUT2D eigenvalue weighted by Crippen LogP contribution is 2.27. The minimum absolute atomic E-state index is 0.0323. The molecule has 0 saturated heterocycles. The van der Waals surface area contributed by atoms with E-state index in [4.69, 9.17) is 9.47 Å². The van der Waals surface area contributed by atoms with Gasteiger partial charge in [-0.05, 0) is 37.5 Å². The number of guanidine groups is 1. The van der Waals surface area contributed by atoms with Gasteiger partial charge < -0.3 is 25.0 Å². The molecule has 1 atom stereocenters. The molecule has 0 bridgehead atoms. The van der Waals surface area contributed by atoms with Gasteiger partial charge in [-0.25, -0.2) is 4.99 Å². The van der Waals surface area contributed by atoms with Gasteiger partial charge in [0.25, 0.3) is 0 Å². The average molecular weight is 364 g/mol. The Morgan fingerprint density at radius 1 is 1.23 bits per heavy atom. The summed E-state index contributed by atoms with van der Waals surface area (Å²) < 4.78 is 10.6. The SMILES string of the molecule is CCC(C)NC(=NCC(=O)N(C)C)NCCc1ccc(OC)c(OC)c1. The van der Waals surface area contributed by atoms with E-state index in [1.165, 1.54) is 4.90 Å². The molecule has 7 heteroatoms. The van der Waals surface area contributed by atoms with Crippen LogP contribution >= 0.6 is 0 Å². The van der Waals surface area contributed by atoms with Crippen molar-refractivity contribution in [2.45, 2.75) is 32.7 Å². The van der Waals surface area contributed by atoms with Crippen LogP contribution in [0.2, 0.25) is 0 Å². The van der Waals surface area contributed by atoms with E-state index in [1.54, 1.807) is 28.3 Å². The van der Waals surface area contributed by atoms with Crippen molar-refractivity contribution in [3.8, 4) is 11.5 Å². The molecule has 26 heavy (non-hydrogen) atoms. The minimum Gasteiger partial charge on any atom is -0.493 e. The van der Waals surface area contributed by atoms with E-state index in [0.717, 1.165) is 18.4 Å². The molecule has 0 radical (unpaired) electrons. The third-order valence-electron chi connectivity index (χ3n) is 4.02. The van der Waals surface area contributed by atoms with Gasteiger partial charge in [-0.2, -0.15) is 0 Å². The van der Waals surface area contributed by atoms with Crippen LogP contribution in [0.4, 0.5) is 0 Å². The molecule has 1 aromatic rings. The van der Waals surface area contributed by atoms with E-state index < -0.39 is 0 Å². The van der Waals surface area contributed by atoms with Crippen LogP contribution in [-0.4, -0.2) is 64.2 Å². The molecule has 146 valence electrons. The number of amides is 1. The largest absolute Gasteiger partial charge is 0.493 e. The summed E-state index contributed by atoms with van der Waals surface area (Å²) in [4.78, 5) is 17.7. The molecule has 0 heterocycles. The van der Waals surface area contributed by atoms with E-state index in [2.05, 4.69) is 29.5 Å². The lowest BCUT2D eigenvalue weighted by Crippen LogP contribution is -2.43. The molecule has 0 aromatic heterocycles. The lowest BCUT2D eigenvalue weighted by Gasteiger charge is -2.18. The third kappa shape index (κ3) is 7.21. The summed E-state index contributed by atoms with van der Waals surface area (Å²) in [7, 11) is 6.70. The second-order valence-corrected chi connectivity index (χ2v) is 6.27. The second-order valence-electron chi connectivity index (χ2n) is 6.27. The van der Waals surface area contributed by atoms with Crippen LogP contribution < -0.4 is 20.1 Å². The van der Waals surface area contributed by atoms with Crippen LogP contribution in [0.15, 0.2) is 23.2 Å². The Bertz CT molecular complexity index is 602. The fourth-order valence-electron chi connectivity index (χ4n) is 2.14. The maximum Gasteiger partial charge on any atom is 0.243 e. The Balaban J connectivity index is 2.68. The predicted molar refractivity (Wildman–Crippen MR) is 105 cm³/mol. The number of carbonyl (C=O) groups is 1. The molecular formula is C19H32N4O3. The number of hydrogen-bond donors (Lipinski definition) is 2. The monoisotopic (exact) mass is 364 g/mol. The van der Waals surface area contributed by atoms with E-state index >= 15 is 0 Å². The van der Waals surface area contributed by atoms with E-state index in [0.29, 0.717) is 24.0 Å². The molecule has 0 fully saturated rings. The zero-order valence-electron chi connectivity index (χ0n) is 16.8. The zero-order valence-corrected chi connectivity index (χ0v) is 16.8. The van der Waals surface area contributed by atoms with Crippen LogP contribution in [0.5, 0.6) is 11.5 Å². The maximum absolute atomic E-state index is 11.8. The molecule has 1 amide bonds. The second kappa shape index (κ2) is 11.2. The fraction of sp³-hybridized carbons (Fsp3) is 0.579. The van der Waals surface area contributed by atoms with Gasteiger partial charge in [0.15, 0.2) is 17.5 Å². The number of carbonyl (C=O) groups excluding carboxylic acids is 1. The van der Waals surface area contributed by atoms with Gasteiger partial charge >= 0.3 is 0 Å². The van der Waals surface area contributed by atoms with Crippen molar-refractivity contribution in [2.75, 3.05) is 41.4 Å². The number of hydrogen-bond acceptors (Lipinski definition) is 4. The molecule has 0 aliphatic heterocycles. The zero-order chi connectivity index (χ0) is 19.5. The number of benzene rings is 1. The summed E-state index contributed by atoms with van der Waals surface area (Å²) in [5.74, 6) is 2.05. The van der Waals surface area contributed by atoms with Crippen molar-refractivity contribution in [3.05, 3.63) is 23.8 Å². The quantitative estimate of drug-likeness (QED) is 0.515. The summed E-state index contributed by atoms with van der Waals surface area (Å²) >= 11 is 0. The lowest BCUT2D eigenvalue weighted by atomic mass is 10.1. The number of likely N-dealkylation sites (N-methyl/N-ethyl adjacent to an activating group) is 1. The molecule has 0 spiro atoms. The molecule has 0 aliphatic rings. The highest BCUT2D eigenvalue weighted by Gasteiger charge is 2.08. The molecule has 7 nitrogen and oxygen atoms in total. The van der Waals surface area contributed by atoms with Crippen molar-refractivity contribution in [3.63, 3.8) is 0 Å². The van der Waals surface area contributed by atoms with Gasteiger partial charge in [-0.15, -0.1) is 0 Å². The van der Waals surface area contributed by atoms with Gasteiger partial charge in [-0.1, -0.05) is 13.0 Å². The van der Waals surface area contributed by atoms with Crippen molar-refractivity contribution in [1.82, 2.24) is 15.5 Å². The molecule has 1 aromatic carbocycles. The molecular weight excluding hydrogens is 332 g/mol. The topological polar surface area (TPSA) is 75.2 Å². The Labute approximate surface area is 156 Å². The average Bonchev–Trinajstić information content (AvgIpc) is 2.64. The summed E-state index contributed by atoms with van der Waals surface area (Å²) in [6.45, 7) is 4.99. The number of methoxy groups -OCH3 is 2. The number of nitrogens with zero attached hydrogens (tertiary/aromatic N) is 2. The van der Waals surface area contributed by atoms with Crippen LogP contribution in [0, 0.1) is 0 Å². The Kier molecular flexibility index (Phi) is 9.33. The number of ether oxygens (including phenoxy) is 2. The van der Waals surface area contributed by atoms with Crippen molar-refractivity contribution < 1.29 is 14.3 Å². The predicted octanol–water partition coefficient (Wildman–Crippen LogP) is 1.67. The summed E-state index contributed by atoms with van der Waals surface area (Å²) in [6.07, 6.45) is 1.77.